The predicted octanol–water partition coefficient (Wildman–Crippen LogP) is 12.2. The SMILES string of the molecule is CS(=O)(=O)Nc1cccc(CCc2ccccc2C(=O)O)c1.O=C(O)c1ccccc1CCc1cccc(NS(=O)(=O)c2ccc(C(F)(F)F)cc2)c1.O=C(O)c1ccccc1CCc1cccc(NS(=O)(=O)c2ccc(Cl)cc2)c1. The third-order valence-corrected chi connectivity index (χ3v) is 15.6. The topological polar surface area (TPSA) is 250 Å². The Labute approximate surface area is 471 Å². The summed E-state index contributed by atoms with van der Waals surface area (Å²) in [5, 5.41) is 28.2. The van der Waals surface area contributed by atoms with E-state index in [4.69, 9.17) is 16.7 Å². The van der Waals surface area contributed by atoms with Crippen LogP contribution in [0, 0.1) is 0 Å². The molecule has 0 aliphatic carbocycles. The van der Waals surface area contributed by atoms with E-state index in [1.165, 1.54) is 36.4 Å². The molecule has 0 amide bonds. The number of rotatable bonds is 20. The molecule has 0 bridgehead atoms. The second-order valence-electron chi connectivity index (χ2n) is 18.0. The van der Waals surface area contributed by atoms with Crippen molar-refractivity contribution in [2.24, 2.45) is 0 Å². The van der Waals surface area contributed by atoms with Gasteiger partial charge in [-0.15, -0.1) is 0 Å². The number of halogens is 4. The van der Waals surface area contributed by atoms with Crippen LogP contribution in [0.4, 0.5) is 30.2 Å². The molecule has 0 atom stereocenters. The van der Waals surface area contributed by atoms with E-state index in [9.17, 15) is 63.0 Å². The summed E-state index contributed by atoms with van der Waals surface area (Å²) in [6.45, 7) is 0. The van der Waals surface area contributed by atoms with Gasteiger partial charge in [0.15, 0.2) is 0 Å². The molecule has 422 valence electrons. The van der Waals surface area contributed by atoms with E-state index in [0.717, 1.165) is 46.2 Å². The van der Waals surface area contributed by atoms with Crippen LogP contribution in [0.3, 0.4) is 0 Å². The van der Waals surface area contributed by atoms with Gasteiger partial charge in [-0.3, -0.25) is 14.2 Å². The minimum absolute atomic E-state index is 0.123. The van der Waals surface area contributed by atoms with Crippen molar-refractivity contribution in [2.75, 3.05) is 20.4 Å². The van der Waals surface area contributed by atoms with E-state index < -0.39 is 59.7 Å². The summed E-state index contributed by atoms with van der Waals surface area (Å²) in [5.41, 5.74) is 5.82. The molecule has 0 aliphatic heterocycles. The molecular formula is C59H53ClF3N3O12S3. The molecule has 6 N–H and O–H groups in total. The third kappa shape index (κ3) is 19.1. The number of alkyl halides is 3. The van der Waals surface area contributed by atoms with Gasteiger partial charge in [0, 0.05) is 22.1 Å². The number of benzene rings is 8. The maximum absolute atomic E-state index is 12.7. The van der Waals surface area contributed by atoms with Gasteiger partial charge in [-0.25, -0.2) is 39.6 Å². The molecule has 0 unspecified atom stereocenters. The zero-order chi connectivity index (χ0) is 59.0. The number of carboxylic acids is 3. The molecular weight excluding hydrogens is 1130 g/mol. The number of sulfonamides is 3. The van der Waals surface area contributed by atoms with Gasteiger partial charge in [-0.1, -0.05) is 103 Å². The normalized spacial score (nSPS) is 11.4. The lowest BCUT2D eigenvalue weighted by atomic mass is 10.00. The first-order chi connectivity index (χ1) is 38.3. The maximum Gasteiger partial charge on any atom is 0.416 e. The van der Waals surface area contributed by atoms with Crippen molar-refractivity contribution in [2.45, 2.75) is 54.5 Å². The van der Waals surface area contributed by atoms with E-state index in [2.05, 4.69) is 14.2 Å². The number of nitrogens with one attached hydrogen (secondary N) is 3. The van der Waals surface area contributed by atoms with Crippen LogP contribution in [0.5, 0.6) is 0 Å². The van der Waals surface area contributed by atoms with Gasteiger partial charge in [0.1, 0.15) is 0 Å². The van der Waals surface area contributed by atoms with Crippen molar-refractivity contribution >= 4 is 76.6 Å². The van der Waals surface area contributed by atoms with Gasteiger partial charge in [-0.2, -0.15) is 13.2 Å². The van der Waals surface area contributed by atoms with Gasteiger partial charge < -0.3 is 15.3 Å². The minimum Gasteiger partial charge on any atom is -0.478 e. The van der Waals surface area contributed by atoms with E-state index in [1.807, 2.05) is 18.2 Å². The van der Waals surface area contributed by atoms with Gasteiger partial charge in [0.25, 0.3) is 20.0 Å². The molecule has 0 heterocycles. The summed E-state index contributed by atoms with van der Waals surface area (Å²) < 4.78 is 118. The summed E-state index contributed by atoms with van der Waals surface area (Å²) in [5.74, 6) is -2.92. The molecule has 15 nitrogen and oxygen atoms in total. The molecule has 0 saturated heterocycles. The molecule has 8 rings (SSSR count). The van der Waals surface area contributed by atoms with Crippen molar-refractivity contribution in [3.05, 3.63) is 255 Å². The number of carbonyl (C=O) groups is 3. The highest BCUT2D eigenvalue weighted by Gasteiger charge is 2.31. The molecule has 81 heavy (non-hydrogen) atoms. The summed E-state index contributed by atoms with van der Waals surface area (Å²) >= 11 is 5.81. The van der Waals surface area contributed by atoms with Crippen LogP contribution in [-0.4, -0.2) is 64.7 Å². The van der Waals surface area contributed by atoms with Crippen molar-refractivity contribution in [1.82, 2.24) is 0 Å². The number of hydrogen-bond donors (Lipinski definition) is 6. The van der Waals surface area contributed by atoms with Crippen molar-refractivity contribution in [1.29, 1.82) is 0 Å². The van der Waals surface area contributed by atoms with Crippen LogP contribution in [-0.2, 0) is 74.8 Å². The highest BCUT2D eigenvalue weighted by molar-refractivity contribution is 7.93. The lowest BCUT2D eigenvalue weighted by molar-refractivity contribution is -0.137. The number of aryl methyl sites for hydroxylation is 6. The Morgan fingerprint density at radius 3 is 1.04 bits per heavy atom. The summed E-state index contributed by atoms with van der Waals surface area (Å²) in [7, 11) is -11.1. The van der Waals surface area contributed by atoms with E-state index in [1.54, 1.807) is 115 Å². The maximum atomic E-state index is 12.7. The first-order valence-corrected chi connectivity index (χ1v) is 29.7. The lowest BCUT2D eigenvalue weighted by Crippen LogP contribution is -2.14. The van der Waals surface area contributed by atoms with Crippen LogP contribution < -0.4 is 14.2 Å². The molecule has 0 aliphatic rings. The van der Waals surface area contributed by atoms with Crippen molar-refractivity contribution < 1.29 is 68.1 Å². The predicted molar refractivity (Wildman–Crippen MR) is 305 cm³/mol. The summed E-state index contributed by atoms with van der Waals surface area (Å²) in [4.78, 5) is 33.6. The smallest absolute Gasteiger partial charge is 0.416 e. The average molecular weight is 1180 g/mol. The van der Waals surface area contributed by atoms with Gasteiger partial charge in [0.05, 0.1) is 38.3 Å². The van der Waals surface area contributed by atoms with Crippen molar-refractivity contribution in [3.8, 4) is 0 Å². The molecule has 0 saturated carbocycles. The van der Waals surface area contributed by atoms with Crippen LogP contribution >= 0.6 is 11.6 Å². The van der Waals surface area contributed by atoms with Gasteiger partial charge in [-0.05, 0) is 175 Å². The molecule has 0 spiro atoms. The van der Waals surface area contributed by atoms with Crippen LogP contribution in [0.15, 0.2) is 204 Å². The van der Waals surface area contributed by atoms with E-state index in [-0.39, 0.29) is 26.6 Å². The van der Waals surface area contributed by atoms with Gasteiger partial charge >= 0.3 is 24.1 Å². The molecule has 0 radical (unpaired) electrons. The zero-order valence-electron chi connectivity index (χ0n) is 43.0. The number of anilines is 3. The molecule has 8 aromatic carbocycles. The van der Waals surface area contributed by atoms with E-state index in [0.29, 0.717) is 78.2 Å². The molecule has 22 heteroatoms. The number of carboxylic acid groups (broad SMARTS) is 3. The fourth-order valence-electron chi connectivity index (χ4n) is 8.13. The molecule has 8 aromatic rings. The highest BCUT2D eigenvalue weighted by atomic mass is 35.5. The first-order valence-electron chi connectivity index (χ1n) is 24.4. The molecule has 0 aromatic heterocycles. The number of aromatic carboxylic acids is 3. The quantitative estimate of drug-likeness (QED) is 0.0417. The van der Waals surface area contributed by atoms with Crippen LogP contribution in [0.2, 0.25) is 5.02 Å². The standard InChI is InChI=1S/C22H18F3NO4S.C21H18ClNO4S.C16H17NO4S/c23-22(24,25)17-10-12-19(13-11-17)31(29,30)26-18-6-3-4-15(14-18)8-9-16-5-1-2-7-20(16)21(27)28;22-17-10-12-19(13-11-17)28(26,27)23-18-6-3-4-15(14-18)8-9-16-5-1-2-7-20(16)21(24)25;1-22(20,21)17-14-7-4-5-12(11-14)9-10-13-6-2-3-8-15(13)16(18)19/h1-7,10-14,26H,8-9H2,(H,27,28);1-7,10-14,23H,8-9H2,(H,24,25);2-8,11,17H,9-10H2,1H3,(H,18,19). The number of hydrogen-bond acceptors (Lipinski definition) is 9. The lowest BCUT2D eigenvalue weighted by Gasteiger charge is -2.11. The Balaban J connectivity index is 0.000000199. The zero-order valence-corrected chi connectivity index (χ0v) is 46.2. The Bertz CT molecular complexity index is 3870. The first kappa shape index (κ1) is 61.7. The Morgan fingerprint density at radius 2 is 0.728 bits per heavy atom. The minimum atomic E-state index is -4.55. The summed E-state index contributed by atoms with van der Waals surface area (Å²) in [6.07, 6.45) is -0.213. The summed E-state index contributed by atoms with van der Waals surface area (Å²) in [6, 6.07) is 50.2. The second-order valence-corrected chi connectivity index (χ2v) is 23.6. The van der Waals surface area contributed by atoms with Gasteiger partial charge in [0.2, 0.25) is 10.0 Å². The fourth-order valence-corrected chi connectivity index (χ4v) is 10.9. The fraction of sp³-hybridized carbons (Fsp3) is 0.136. The van der Waals surface area contributed by atoms with E-state index >= 15 is 0 Å². The van der Waals surface area contributed by atoms with Crippen LogP contribution in [0.1, 0.15) is 70.0 Å². The third-order valence-electron chi connectivity index (χ3n) is 12.0. The Hall–Kier alpha value is -8.50. The van der Waals surface area contributed by atoms with Crippen molar-refractivity contribution in [3.63, 3.8) is 0 Å². The Kier molecular flexibility index (Phi) is 21.0. The highest BCUT2D eigenvalue weighted by Crippen LogP contribution is 2.30. The average Bonchev–Trinajstić information content (AvgIpc) is 3.42. The van der Waals surface area contributed by atoms with Crippen LogP contribution in [0.25, 0.3) is 0 Å². The largest absolute Gasteiger partial charge is 0.478 e. The second kappa shape index (κ2) is 27.6. The Morgan fingerprint density at radius 1 is 0.420 bits per heavy atom. The monoisotopic (exact) mass is 1180 g/mol. The molecule has 0 fully saturated rings.